The van der Waals surface area contributed by atoms with Gasteiger partial charge in [0, 0.05) is 32.6 Å². The number of carbonyl (C=O) groups is 1. The lowest BCUT2D eigenvalue weighted by molar-refractivity contribution is -0.121. The molecule has 134 valence electrons. The molecule has 0 bridgehead atoms. The molecule has 1 aromatic heterocycles. The minimum Gasteiger partial charge on any atom is -0.395 e. The molecule has 1 aliphatic rings. The van der Waals surface area contributed by atoms with Crippen LogP contribution in [-0.2, 0) is 16.1 Å². The Hall–Kier alpha value is -2.45. The fraction of sp³-hybridized carbons (Fsp3) is 0.471. The molecule has 0 unspecified atom stereocenters. The number of nitrogens with one attached hydrogen (secondary N) is 1. The highest BCUT2D eigenvalue weighted by molar-refractivity contribution is 5.78. The third kappa shape index (κ3) is 3.97. The van der Waals surface area contributed by atoms with E-state index in [0.29, 0.717) is 37.6 Å². The number of benzene rings is 1. The number of hydrogen-bond donors (Lipinski definition) is 2. The van der Waals surface area contributed by atoms with Crippen LogP contribution in [0.4, 0.5) is 5.82 Å². The van der Waals surface area contributed by atoms with Crippen molar-refractivity contribution in [1.29, 1.82) is 0 Å². The molecule has 2 aromatic rings. The SMILES string of the molecule is O=C(CCn1c(=O)c(N2CCOCC2)nc2ccccc21)NCCO. The Morgan fingerprint density at radius 1 is 1.28 bits per heavy atom. The molecule has 0 aliphatic carbocycles. The molecular weight excluding hydrogens is 324 g/mol. The van der Waals surface area contributed by atoms with E-state index in [9.17, 15) is 9.59 Å². The third-order valence-electron chi connectivity index (χ3n) is 4.14. The molecule has 1 fully saturated rings. The topological polar surface area (TPSA) is 96.7 Å². The second-order valence-electron chi connectivity index (χ2n) is 5.80. The zero-order valence-corrected chi connectivity index (χ0v) is 14.0. The molecule has 2 heterocycles. The van der Waals surface area contributed by atoms with Crippen LogP contribution >= 0.6 is 0 Å². The number of rotatable bonds is 6. The molecule has 8 nitrogen and oxygen atoms in total. The number of nitrogens with zero attached hydrogens (tertiary/aromatic N) is 3. The van der Waals surface area contributed by atoms with Crippen molar-refractivity contribution in [2.45, 2.75) is 13.0 Å². The van der Waals surface area contributed by atoms with Gasteiger partial charge in [0.15, 0.2) is 5.82 Å². The molecule has 1 aromatic carbocycles. The third-order valence-corrected chi connectivity index (χ3v) is 4.14. The van der Waals surface area contributed by atoms with E-state index >= 15 is 0 Å². The van der Waals surface area contributed by atoms with E-state index in [-0.39, 0.29) is 37.6 Å². The number of carbonyl (C=O) groups excluding carboxylic acids is 1. The lowest BCUT2D eigenvalue weighted by atomic mass is 10.2. The summed E-state index contributed by atoms with van der Waals surface area (Å²) in [6, 6.07) is 7.42. The largest absolute Gasteiger partial charge is 0.395 e. The molecular formula is C17H22N4O4. The molecule has 0 radical (unpaired) electrons. The van der Waals surface area contributed by atoms with Gasteiger partial charge in [0.25, 0.3) is 5.56 Å². The van der Waals surface area contributed by atoms with Crippen LogP contribution in [0.2, 0.25) is 0 Å². The summed E-state index contributed by atoms with van der Waals surface area (Å²) >= 11 is 0. The van der Waals surface area contributed by atoms with Gasteiger partial charge in [-0.05, 0) is 12.1 Å². The number of anilines is 1. The van der Waals surface area contributed by atoms with Crippen LogP contribution in [0.1, 0.15) is 6.42 Å². The number of aromatic nitrogens is 2. The molecule has 0 spiro atoms. The van der Waals surface area contributed by atoms with Gasteiger partial charge in [0.1, 0.15) is 0 Å². The smallest absolute Gasteiger partial charge is 0.294 e. The highest BCUT2D eigenvalue weighted by Gasteiger charge is 2.19. The van der Waals surface area contributed by atoms with Gasteiger partial charge < -0.3 is 24.6 Å². The van der Waals surface area contributed by atoms with Crippen molar-refractivity contribution >= 4 is 22.8 Å². The summed E-state index contributed by atoms with van der Waals surface area (Å²) in [5.74, 6) is 0.201. The van der Waals surface area contributed by atoms with Gasteiger partial charge in [0.05, 0.1) is 30.9 Å². The summed E-state index contributed by atoms with van der Waals surface area (Å²) in [7, 11) is 0. The average Bonchev–Trinajstić information content (AvgIpc) is 2.66. The lowest BCUT2D eigenvalue weighted by Crippen LogP contribution is -2.41. The summed E-state index contributed by atoms with van der Waals surface area (Å²) in [6.45, 7) is 2.75. The first kappa shape index (κ1) is 17.4. The summed E-state index contributed by atoms with van der Waals surface area (Å²) in [5, 5.41) is 11.4. The molecule has 8 heteroatoms. The molecule has 0 atom stereocenters. The van der Waals surface area contributed by atoms with Gasteiger partial charge in [-0.1, -0.05) is 12.1 Å². The number of aryl methyl sites for hydroxylation is 1. The van der Waals surface area contributed by atoms with Gasteiger partial charge in [-0.25, -0.2) is 4.98 Å². The number of morpholine rings is 1. The first-order valence-corrected chi connectivity index (χ1v) is 8.40. The molecule has 2 N–H and O–H groups in total. The van der Waals surface area contributed by atoms with Gasteiger partial charge in [0.2, 0.25) is 5.91 Å². The van der Waals surface area contributed by atoms with E-state index in [1.54, 1.807) is 4.57 Å². The van der Waals surface area contributed by atoms with Crippen LogP contribution in [0.15, 0.2) is 29.1 Å². The summed E-state index contributed by atoms with van der Waals surface area (Å²) < 4.78 is 6.95. The monoisotopic (exact) mass is 346 g/mol. The Morgan fingerprint density at radius 2 is 2.04 bits per heavy atom. The summed E-state index contributed by atoms with van der Waals surface area (Å²) in [6.07, 6.45) is 0.163. The molecule has 3 rings (SSSR count). The van der Waals surface area contributed by atoms with E-state index in [0.717, 1.165) is 5.52 Å². The van der Waals surface area contributed by atoms with Crippen molar-refractivity contribution in [2.24, 2.45) is 0 Å². The number of fused-ring (bicyclic) bond motifs is 1. The van der Waals surface area contributed by atoms with Crippen molar-refractivity contribution in [1.82, 2.24) is 14.9 Å². The second-order valence-corrected chi connectivity index (χ2v) is 5.80. The van der Waals surface area contributed by atoms with Crippen molar-refractivity contribution in [3.05, 3.63) is 34.6 Å². The molecule has 1 amide bonds. The highest BCUT2D eigenvalue weighted by atomic mass is 16.5. The highest BCUT2D eigenvalue weighted by Crippen LogP contribution is 2.15. The summed E-state index contributed by atoms with van der Waals surface area (Å²) in [4.78, 5) is 31.3. The Balaban J connectivity index is 1.93. The maximum absolute atomic E-state index is 13.0. The first-order valence-electron chi connectivity index (χ1n) is 8.40. The van der Waals surface area contributed by atoms with Gasteiger partial charge >= 0.3 is 0 Å². The van der Waals surface area contributed by atoms with Gasteiger partial charge in [-0.2, -0.15) is 0 Å². The van der Waals surface area contributed by atoms with Crippen molar-refractivity contribution < 1.29 is 14.6 Å². The lowest BCUT2D eigenvalue weighted by Gasteiger charge is -2.28. The van der Waals surface area contributed by atoms with E-state index in [1.807, 2.05) is 29.2 Å². The number of hydrogen-bond acceptors (Lipinski definition) is 6. The van der Waals surface area contributed by atoms with Crippen molar-refractivity contribution in [2.75, 3.05) is 44.4 Å². The fourth-order valence-corrected chi connectivity index (χ4v) is 2.88. The second kappa shape index (κ2) is 8.09. The van der Waals surface area contributed by atoms with Crippen LogP contribution < -0.4 is 15.8 Å². The van der Waals surface area contributed by atoms with Crippen molar-refractivity contribution in [3.63, 3.8) is 0 Å². The normalized spacial score (nSPS) is 14.7. The minimum atomic E-state index is -0.199. The first-order chi connectivity index (χ1) is 12.2. The molecule has 1 aliphatic heterocycles. The zero-order valence-electron chi connectivity index (χ0n) is 14.0. The fourth-order valence-electron chi connectivity index (χ4n) is 2.88. The maximum Gasteiger partial charge on any atom is 0.294 e. The minimum absolute atomic E-state index is 0.106. The van der Waals surface area contributed by atoms with Crippen LogP contribution in [-0.4, -0.2) is 60.0 Å². The summed E-state index contributed by atoms with van der Waals surface area (Å²) in [5.41, 5.74) is 1.23. The number of aliphatic hydroxyl groups excluding tert-OH is 1. The van der Waals surface area contributed by atoms with Crippen LogP contribution in [0.5, 0.6) is 0 Å². The number of para-hydroxylation sites is 2. The number of aliphatic hydroxyl groups is 1. The van der Waals surface area contributed by atoms with Crippen molar-refractivity contribution in [3.8, 4) is 0 Å². The Bertz CT molecular complexity index is 799. The van der Waals surface area contributed by atoms with E-state index in [4.69, 9.17) is 9.84 Å². The standard InChI is InChI=1S/C17H22N4O4/c22-10-6-18-15(23)5-7-21-14-4-2-1-3-13(14)19-16(17(21)24)20-8-11-25-12-9-20/h1-4,22H,5-12H2,(H,18,23). The van der Waals surface area contributed by atoms with Gasteiger partial charge in [-0.15, -0.1) is 0 Å². The molecule has 25 heavy (non-hydrogen) atoms. The van der Waals surface area contributed by atoms with E-state index < -0.39 is 0 Å². The number of ether oxygens (including phenoxy) is 1. The van der Waals surface area contributed by atoms with Crippen LogP contribution in [0.3, 0.4) is 0 Å². The Morgan fingerprint density at radius 3 is 2.80 bits per heavy atom. The zero-order chi connectivity index (χ0) is 17.6. The quantitative estimate of drug-likeness (QED) is 0.748. The van der Waals surface area contributed by atoms with Crippen LogP contribution in [0, 0.1) is 0 Å². The maximum atomic E-state index is 13.0. The van der Waals surface area contributed by atoms with E-state index in [2.05, 4.69) is 10.3 Å². The Kier molecular flexibility index (Phi) is 5.62. The van der Waals surface area contributed by atoms with Crippen LogP contribution in [0.25, 0.3) is 11.0 Å². The number of amides is 1. The predicted molar refractivity (Wildman–Crippen MR) is 93.7 cm³/mol. The predicted octanol–water partition coefficient (Wildman–Crippen LogP) is -0.268. The molecule has 0 saturated carbocycles. The van der Waals surface area contributed by atoms with E-state index in [1.165, 1.54) is 0 Å². The van der Waals surface area contributed by atoms with Gasteiger partial charge in [-0.3, -0.25) is 9.59 Å². The average molecular weight is 346 g/mol. The Labute approximate surface area is 145 Å². The molecule has 1 saturated heterocycles.